The molecule has 0 aliphatic heterocycles. The van der Waals surface area contributed by atoms with Gasteiger partial charge in [0.25, 0.3) is 5.69 Å². The molecule has 1 heterocycles. The van der Waals surface area contributed by atoms with Crippen molar-refractivity contribution in [3.8, 4) is 6.07 Å². The quantitative estimate of drug-likeness (QED) is 0.289. The molecule has 0 atom stereocenters. The van der Waals surface area contributed by atoms with Crippen LogP contribution in [-0.4, -0.2) is 4.92 Å². The van der Waals surface area contributed by atoms with Crippen LogP contribution in [0.5, 0.6) is 0 Å². The number of nitrogens with zero attached hydrogens (tertiary/aromatic N) is 3. The maximum absolute atomic E-state index is 11.1. The van der Waals surface area contributed by atoms with E-state index in [9.17, 15) is 10.1 Å². The van der Waals surface area contributed by atoms with Crippen LogP contribution in [0.1, 0.15) is 11.1 Å². The molecule has 2 aromatic carbocycles. The van der Waals surface area contributed by atoms with Gasteiger partial charge in [0.15, 0.2) is 12.7 Å². The molecule has 0 saturated heterocycles. The highest BCUT2D eigenvalue weighted by atomic mass is 35.7. The molecule has 0 saturated carbocycles. The molecular weight excluding hydrogens is 378 g/mol. The maximum atomic E-state index is 11.1. The van der Waals surface area contributed by atoms with Gasteiger partial charge in [-0.2, -0.15) is 9.83 Å². The maximum Gasteiger partial charge on any atom is 0.283 e. The van der Waals surface area contributed by atoms with E-state index in [1.807, 2.05) is 35.0 Å². The molecule has 3 rings (SSSR count). The minimum atomic E-state index is -4.94. The number of rotatable bonds is 3. The molecule has 0 aliphatic rings. The number of hydrogen-bond acceptors (Lipinski definition) is 7. The zero-order chi connectivity index (χ0) is 20.0. The second-order valence-corrected chi connectivity index (χ2v) is 6.05. The lowest BCUT2D eigenvalue weighted by molar-refractivity contribution is -2.00. The van der Waals surface area contributed by atoms with Crippen molar-refractivity contribution in [3.63, 3.8) is 0 Å². The SMILES string of the molecule is N#Cc1cccc(C[n+]2cccc3c([N+](=O)[O-])cccc32)c1.[O-][Cl+3]([O-])([O-])[O-]. The van der Waals surface area contributed by atoms with Crippen LogP contribution in [0.25, 0.3) is 10.9 Å². The molecule has 10 heteroatoms. The summed E-state index contributed by atoms with van der Waals surface area (Å²) in [6.07, 6.45) is 1.88. The molecule has 0 amide bonds. The fourth-order valence-corrected chi connectivity index (χ4v) is 2.52. The van der Waals surface area contributed by atoms with E-state index in [0.717, 1.165) is 11.1 Å². The lowest BCUT2D eigenvalue weighted by Gasteiger charge is -2.17. The van der Waals surface area contributed by atoms with Crippen LogP contribution in [-0.2, 0) is 6.54 Å². The van der Waals surface area contributed by atoms with Gasteiger partial charge in [-0.25, -0.2) is 18.6 Å². The van der Waals surface area contributed by atoms with Crippen LogP contribution in [0.15, 0.2) is 60.8 Å². The molecule has 9 nitrogen and oxygen atoms in total. The Balaban J connectivity index is 0.000000465. The van der Waals surface area contributed by atoms with Gasteiger partial charge >= 0.3 is 0 Å². The summed E-state index contributed by atoms with van der Waals surface area (Å²) < 4.78 is 35.9. The first-order valence-corrected chi connectivity index (χ1v) is 8.59. The molecule has 0 spiro atoms. The Morgan fingerprint density at radius 3 is 2.33 bits per heavy atom. The van der Waals surface area contributed by atoms with E-state index in [0.29, 0.717) is 17.5 Å². The summed E-state index contributed by atoms with van der Waals surface area (Å²) in [4.78, 5) is 10.8. The number of non-ortho nitro benzene ring substituents is 1. The van der Waals surface area contributed by atoms with Gasteiger partial charge in [0.2, 0.25) is 5.52 Å². The standard InChI is InChI=1S/C17H12N3O2.ClHO4/c18-11-13-4-1-5-14(10-13)12-19-9-3-6-15-16(19)7-2-8-17(15)20(21)22;2-1(3,4)5/h1-10H,12H2;(H,2,3,4,5)/q+1;/p-1. The van der Waals surface area contributed by atoms with Crippen LogP contribution >= 0.6 is 0 Å². The fraction of sp³-hybridized carbons (Fsp3) is 0.0588. The topological polar surface area (TPSA) is 163 Å². The van der Waals surface area contributed by atoms with Gasteiger partial charge in [0.05, 0.1) is 16.6 Å². The summed E-state index contributed by atoms with van der Waals surface area (Å²) in [7, 11) is -4.94. The number of halogens is 1. The number of nitro benzene ring substituents is 1. The molecule has 0 aliphatic carbocycles. The Hall–Kier alpha value is -3.13. The minimum absolute atomic E-state index is 0.0950. The molecule has 1 aromatic heterocycles. The summed E-state index contributed by atoms with van der Waals surface area (Å²) in [6.45, 7) is 0.550. The van der Waals surface area contributed by atoms with Crippen LogP contribution in [0.4, 0.5) is 5.69 Å². The monoisotopic (exact) mass is 389 g/mol. The van der Waals surface area contributed by atoms with E-state index in [4.69, 9.17) is 23.9 Å². The zero-order valence-corrected chi connectivity index (χ0v) is 14.4. The second-order valence-electron chi connectivity index (χ2n) is 5.29. The average molecular weight is 390 g/mol. The van der Waals surface area contributed by atoms with Crippen molar-refractivity contribution in [2.24, 2.45) is 0 Å². The molecular formula is C17H12ClN3O6. The van der Waals surface area contributed by atoms with Crippen molar-refractivity contribution in [3.05, 3.63) is 82.0 Å². The van der Waals surface area contributed by atoms with E-state index >= 15 is 0 Å². The highest BCUT2D eigenvalue weighted by Crippen LogP contribution is 2.22. The van der Waals surface area contributed by atoms with E-state index in [2.05, 4.69) is 6.07 Å². The molecule has 3 aromatic rings. The first kappa shape index (κ1) is 20.2. The van der Waals surface area contributed by atoms with Crippen LogP contribution in [0, 0.1) is 31.7 Å². The summed E-state index contributed by atoms with van der Waals surface area (Å²) in [5.41, 5.74) is 2.46. The largest absolute Gasteiger partial charge is 0.283 e. The first-order valence-electron chi connectivity index (χ1n) is 7.35. The number of benzene rings is 2. The van der Waals surface area contributed by atoms with Gasteiger partial charge in [-0.1, -0.05) is 12.1 Å². The van der Waals surface area contributed by atoms with Gasteiger partial charge in [-0.15, -0.1) is 10.2 Å². The summed E-state index contributed by atoms with van der Waals surface area (Å²) >= 11 is 0. The molecule has 0 unspecified atom stereocenters. The van der Waals surface area contributed by atoms with Crippen molar-refractivity contribution in [2.75, 3.05) is 0 Å². The van der Waals surface area contributed by atoms with E-state index < -0.39 is 10.2 Å². The van der Waals surface area contributed by atoms with Crippen LogP contribution < -0.4 is 23.2 Å². The van der Waals surface area contributed by atoms with Crippen molar-refractivity contribution >= 4 is 16.6 Å². The van der Waals surface area contributed by atoms with Crippen LogP contribution in [0.2, 0.25) is 0 Å². The third-order valence-electron chi connectivity index (χ3n) is 3.50. The predicted octanol–water partition coefficient (Wildman–Crippen LogP) is -1.80. The van der Waals surface area contributed by atoms with Crippen molar-refractivity contribution in [2.45, 2.75) is 6.54 Å². The smallest absolute Gasteiger partial charge is 0.258 e. The molecule has 0 radical (unpaired) electrons. The van der Waals surface area contributed by atoms with E-state index in [1.54, 1.807) is 24.3 Å². The minimum Gasteiger partial charge on any atom is -0.258 e. The number of hydrogen-bond donors (Lipinski definition) is 0. The highest BCUT2D eigenvalue weighted by molar-refractivity contribution is 5.85. The van der Waals surface area contributed by atoms with Gasteiger partial charge < -0.3 is 0 Å². The van der Waals surface area contributed by atoms with Gasteiger partial charge in [-0.3, -0.25) is 10.1 Å². The van der Waals surface area contributed by atoms with Gasteiger partial charge in [0, 0.05) is 23.8 Å². The molecule has 27 heavy (non-hydrogen) atoms. The Labute approximate surface area is 155 Å². The van der Waals surface area contributed by atoms with Crippen molar-refractivity contribution < 1.29 is 38.4 Å². The third kappa shape index (κ3) is 5.96. The zero-order valence-electron chi connectivity index (χ0n) is 13.6. The Morgan fingerprint density at radius 1 is 1.04 bits per heavy atom. The summed E-state index contributed by atoms with van der Waals surface area (Å²) in [5.74, 6) is 0. The first-order chi connectivity index (χ1) is 12.7. The summed E-state index contributed by atoms with van der Waals surface area (Å²) in [6, 6.07) is 18.0. The molecule has 138 valence electrons. The average Bonchev–Trinajstić information content (AvgIpc) is 2.60. The van der Waals surface area contributed by atoms with Gasteiger partial charge in [0.1, 0.15) is 5.39 Å². The number of nitro groups is 1. The lowest BCUT2D eigenvalue weighted by Crippen LogP contribution is -2.68. The fourth-order valence-electron chi connectivity index (χ4n) is 2.52. The Morgan fingerprint density at radius 2 is 1.70 bits per heavy atom. The summed E-state index contributed by atoms with van der Waals surface area (Å²) in [5, 5.41) is 20.7. The predicted molar refractivity (Wildman–Crippen MR) is 81.1 cm³/mol. The normalized spacial score (nSPS) is 10.6. The highest BCUT2D eigenvalue weighted by Gasteiger charge is 2.17. The number of aromatic nitrogens is 1. The lowest BCUT2D eigenvalue weighted by atomic mass is 10.1. The molecule has 0 bridgehead atoms. The number of nitriles is 1. The molecule has 0 fully saturated rings. The van der Waals surface area contributed by atoms with Gasteiger partial charge in [-0.05, 0) is 24.3 Å². The van der Waals surface area contributed by atoms with E-state index in [1.165, 1.54) is 6.07 Å². The second kappa shape index (κ2) is 8.50. The Bertz CT molecular complexity index is 1010. The number of fused-ring (bicyclic) bond motifs is 1. The molecule has 0 N–H and O–H groups in total. The third-order valence-corrected chi connectivity index (χ3v) is 3.50. The van der Waals surface area contributed by atoms with E-state index in [-0.39, 0.29) is 10.6 Å². The van der Waals surface area contributed by atoms with Crippen molar-refractivity contribution in [1.82, 2.24) is 0 Å². The Kier molecular flexibility index (Phi) is 6.36. The van der Waals surface area contributed by atoms with Crippen LogP contribution in [0.3, 0.4) is 0 Å². The number of pyridine rings is 1. The van der Waals surface area contributed by atoms with Crippen molar-refractivity contribution in [1.29, 1.82) is 5.26 Å².